The Morgan fingerprint density at radius 3 is 2.41 bits per heavy atom. The number of nitrogens with one attached hydrogen (secondary N) is 1. The maximum Gasteiger partial charge on any atom is 0.327 e. The third kappa shape index (κ3) is 3.70. The van der Waals surface area contributed by atoms with E-state index in [0.717, 1.165) is 9.98 Å². The summed E-state index contributed by atoms with van der Waals surface area (Å²) in [6.07, 6.45) is 0.259. The number of rotatable bonds is 6. The molecule has 2 aliphatic rings. The number of piperazine rings is 1. The van der Waals surface area contributed by atoms with Crippen molar-refractivity contribution in [3.63, 3.8) is 0 Å². The zero-order chi connectivity index (χ0) is 19.6. The van der Waals surface area contributed by atoms with E-state index < -0.39 is 22.8 Å². The molecule has 1 aromatic rings. The monoisotopic (exact) mass is 396 g/mol. The van der Waals surface area contributed by atoms with Gasteiger partial charge in [0, 0.05) is 38.6 Å². The summed E-state index contributed by atoms with van der Waals surface area (Å²) < 4.78 is 23.1. The molecule has 0 aromatic heterocycles. The fourth-order valence-corrected chi connectivity index (χ4v) is 4.61. The summed E-state index contributed by atoms with van der Waals surface area (Å²) in [5, 5.41) is 14.2. The lowest BCUT2D eigenvalue weighted by Gasteiger charge is -2.41. The molecule has 1 saturated carbocycles. The number of benzene rings is 1. The van der Waals surface area contributed by atoms with Gasteiger partial charge in [-0.05, 0) is 18.9 Å². The Labute approximate surface area is 160 Å². The third-order valence-electron chi connectivity index (χ3n) is 5.12. The fourth-order valence-electron chi connectivity index (χ4n) is 3.69. The average molecular weight is 396 g/mol. The minimum atomic E-state index is -2.49. The van der Waals surface area contributed by atoms with Gasteiger partial charge in [0.25, 0.3) is 0 Å². The number of amides is 2. The molecule has 3 atom stereocenters. The molecule has 10 heteroatoms. The van der Waals surface area contributed by atoms with E-state index in [9.17, 15) is 23.5 Å². The van der Waals surface area contributed by atoms with Crippen LogP contribution < -0.4 is 5.32 Å². The number of hydrogen-bond donors (Lipinski definition) is 3. The van der Waals surface area contributed by atoms with Crippen LogP contribution >= 0.6 is 0 Å². The molecule has 3 rings (SSSR count). The number of aliphatic carboxylic acids is 1. The topological polar surface area (TPSA) is 113 Å². The molecule has 27 heavy (non-hydrogen) atoms. The van der Waals surface area contributed by atoms with Gasteiger partial charge in [0.15, 0.2) is 5.54 Å². The second-order valence-corrected chi connectivity index (χ2v) is 7.48. The molecule has 1 aliphatic carbocycles. The fraction of sp³-hybridized carbons (Fsp3) is 0.529. The zero-order valence-electron chi connectivity index (χ0n) is 15.1. The molecule has 3 N–H and O–H groups in total. The van der Waals surface area contributed by atoms with Gasteiger partial charge in [0.05, 0.1) is 0 Å². The highest BCUT2D eigenvalue weighted by Crippen LogP contribution is 2.56. The Morgan fingerprint density at radius 2 is 1.89 bits per heavy atom. The Hall–Kier alpha value is -2.01. The van der Waals surface area contributed by atoms with Crippen LogP contribution in [0, 0.1) is 0 Å². The van der Waals surface area contributed by atoms with Gasteiger partial charge in [0.2, 0.25) is 11.3 Å². The van der Waals surface area contributed by atoms with E-state index >= 15 is 0 Å². The molecule has 0 radical (unpaired) electrons. The molecule has 1 heterocycles. The first-order valence-corrected chi connectivity index (χ1v) is 9.95. The van der Waals surface area contributed by atoms with Crippen molar-refractivity contribution in [2.75, 3.05) is 32.7 Å². The summed E-state index contributed by atoms with van der Waals surface area (Å²) in [5.74, 6) is -1.49. The highest BCUT2D eigenvalue weighted by atomic mass is 32.2. The number of carbonyl (C=O) groups excluding carboxylic acids is 1. The van der Waals surface area contributed by atoms with Crippen molar-refractivity contribution in [1.29, 1.82) is 0 Å². The summed E-state index contributed by atoms with van der Waals surface area (Å²) in [5.41, 5.74) is -0.620. The van der Waals surface area contributed by atoms with E-state index in [1.165, 1.54) is 0 Å². The molecule has 2 fully saturated rings. The first-order chi connectivity index (χ1) is 12.9. The first kappa shape index (κ1) is 19.7. The normalized spacial score (nSPS) is 26.6. The van der Waals surface area contributed by atoms with Crippen LogP contribution in [0.5, 0.6) is 0 Å². The van der Waals surface area contributed by atoms with Crippen LogP contribution in [0.2, 0.25) is 0 Å². The number of carbonyl (C=O) groups is 2. The molecule has 0 spiro atoms. The largest absolute Gasteiger partial charge is 0.480 e. The number of urea groups is 1. The lowest BCUT2D eigenvalue weighted by atomic mass is 10.1. The predicted molar refractivity (Wildman–Crippen MR) is 99.0 cm³/mol. The van der Waals surface area contributed by atoms with E-state index in [2.05, 4.69) is 5.32 Å². The highest BCUT2D eigenvalue weighted by Gasteiger charge is 2.68. The Bertz CT molecular complexity index is 725. The molecule has 2 amide bonds. The van der Waals surface area contributed by atoms with E-state index in [1.54, 1.807) is 9.91 Å². The summed E-state index contributed by atoms with van der Waals surface area (Å²) in [7, 11) is 0. The van der Waals surface area contributed by atoms with Gasteiger partial charge < -0.3 is 15.3 Å². The summed E-state index contributed by atoms with van der Waals surface area (Å²) in [6, 6.07) is 8.98. The SMILES string of the molecule is CCNC(=O)N1CCN(N(S(=O)O)C2(C(=O)O)CC2c2ccccc2)CC1. The minimum Gasteiger partial charge on any atom is -0.480 e. The van der Waals surface area contributed by atoms with Crippen molar-refractivity contribution >= 4 is 23.3 Å². The van der Waals surface area contributed by atoms with Crippen LogP contribution in [-0.2, 0) is 16.1 Å². The van der Waals surface area contributed by atoms with Gasteiger partial charge in [-0.15, -0.1) is 4.41 Å². The van der Waals surface area contributed by atoms with Crippen molar-refractivity contribution in [2.45, 2.75) is 24.8 Å². The van der Waals surface area contributed by atoms with Crippen molar-refractivity contribution in [1.82, 2.24) is 19.6 Å². The van der Waals surface area contributed by atoms with Gasteiger partial charge >= 0.3 is 12.0 Å². The zero-order valence-corrected chi connectivity index (χ0v) is 15.9. The van der Waals surface area contributed by atoms with Crippen LogP contribution in [0.4, 0.5) is 4.79 Å². The van der Waals surface area contributed by atoms with Crippen LogP contribution in [0.3, 0.4) is 0 Å². The summed E-state index contributed by atoms with van der Waals surface area (Å²) >= 11 is -2.49. The lowest BCUT2D eigenvalue weighted by molar-refractivity contribution is -0.150. The number of hydrazine groups is 1. The molecule has 1 aromatic carbocycles. The summed E-state index contributed by atoms with van der Waals surface area (Å²) in [4.78, 5) is 25.7. The number of carboxylic acids is 1. The third-order valence-corrected chi connectivity index (χ3v) is 5.97. The van der Waals surface area contributed by atoms with E-state index in [1.807, 2.05) is 37.3 Å². The van der Waals surface area contributed by atoms with E-state index in [-0.39, 0.29) is 18.4 Å². The average Bonchev–Trinajstić information content (AvgIpc) is 3.40. The van der Waals surface area contributed by atoms with Gasteiger partial charge in [-0.2, -0.15) is 0 Å². The Kier molecular flexibility index (Phi) is 5.80. The smallest absolute Gasteiger partial charge is 0.327 e. The first-order valence-electron chi connectivity index (χ1n) is 8.89. The number of hydrogen-bond acceptors (Lipinski definition) is 4. The van der Waals surface area contributed by atoms with Crippen LogP contribution in [0.1, 0.15) is 24.8 Å². The van der Waals surface area contributed by atoms with E-state index in [0.29, 0.717) is 32.7 Å². The van der Waals surface area contributed by atoms with Crippen LogP contribution in [0.15, 0.2) is 30.3 Å². The quantitative estimate of drug-likeness (QED) is 0.610. The Balaban J connectivity index is 1.78. The van der Waals surface area contributed by atoms with Crippen molar-refractivity contribution < 1.29 is 23.5 Å². The molecule has 148 valence electrons. The number of nitrogens with zero attached hydrogens (tertiary/aromatic N) is 3. The highest BCUT2D eigenvalue weighted by molar-refractivity contribution is 7.76. The molecule has 9 nitrogen and oxygen atoms in total. The van der Waals surface area contributed by atoms with Gasteiger partial charge in [-0.1, -0.05) is 30.3 Å². The second-order valence-electron chi connectivity index (χ2n) is 6.68. The molecule has 1 saturated heterocycles. The standard InChI is InChI=1S/C17H24N4O5S/c1-2-18-16(24)19-8-10-20(11-9-19)21(27(25)26)17(15(22)23)12-14(17)13-6-4-3-5-7-13/h3-7,14H,2,8-12H2,1H3,(H,18,24)(H,22,23)(H,25,26). The van der Waals surface area contributed by atoms with Gasteiger partial charge in [0.1, 0.15) is 0 Å². The molecular weight excluding hydrogens is 372 g/mol. The van der Waals surface area contributed by atoms with Crippen LogP contribution in [-0.4, -0.2) is 78.5 Å². The van der Waals surface area contributed by atoms with Crippen LogP contribution in [0.25, 0.3) is 0 Å². The molecule has 1 aliphatic heterocycles. The molecule has 3 unspecified atom stereocenters. The molecular formula is C17H24N4O5S. The van der Waals surface area contributed by atoms with E-state index in [4.69, 9.17) is 0 Å². The van der Waals surface area contributed by atoms with Crippen molar-refractivity contribution in [2.24, 2.45) is 0 Å². The van der Waals surface area contributed by atoms with Crippen molar-refractivity contribution in [3.8, 4) is 0 Å². The van der Waals surface area contributed by atoms with Gasteiger partial charge in [-0.25, -0.2) is 14.0 Å². The minimum absolute atomic E-state index is 0.185. The lowest BCUT2D eigenvalue weighted by Crippen LogP contribution is -2.61. The second kappa shape index (κ2) is 7.93. The summed E-state index contributed by atoms with van der Waals surface area (Å²) in [6.45, 7) is 3.64. The predicted octanol–water partition coefficient (Wildman–Crippen LogP) is 0.698. The number of carboxylic acid groups (broad SMARTS) is 1. The van der Waals surface area contributed by atoms with Crippen molar-refractivity contribution in [3.05, 3.63) is 35.9 Å². The van der Waals surface area contributed by atoms with Gasteiger partial charge in [-0.3, -0.25) is 9.35 Å². The maximum absolute atomic E-state index is 12.1. The Morgan fingerprint density at radius 1 is 1.26 bits per heavy atom. The molecule has 0 bridgehead atoms. The maximum atomic E-state index is 12.1.